The first-order chi connectivity index (χ1) is 13.8. The summed E-state index contributed by atoms with van der Waals surface area (Å²) in [4.78, 5) is 31.2. The average molecular weight is 438 g/mol. The van der Waals surface area contributed by atoms with Crippen molar-refractivity contribution < 1.29 is 22.7 Å². The molecule has 0 aliphatic carbocycles. The van der Waals surface area contributed by atoms with Crippen molar-refractivity contribution in [3.63, 3.8) is 0 Å². The standard InChI is InChI=1S/C19H23N3O5S2/c1-3-27-19(24)22-10-8-15-16(12-22)28-18(20-15)21-17(23)9-11-29(25,26)14-6-4-13(2)5-7-14/h4-7H,3,8-12H2,1-2H3,(H,20,21,23). The molecule has 2 heterocycles. The lowest BCUT2D eigenvalue weighted by molar-refractivity contribution is -0.115. The Morgan fingerprint density at radius 3 is 2.69 bits per heavy atom. The number of nitrogens with zero attached hydrogens (tertiary/aromatic N) is 2. The van der Waals surface area contributed by atoms with E-state index < -0.39 is 15.7 Å². The largest absolute Gasteiger partial charge is 0.450 e. The highest BCUT2D eigenvalue weighted by Gasteiger charge is 2.25. The Morgan fingerprint density at radius 2 is 2.00 bits per heavy atom. The summed E-state index contributed by atoms with van der Waals surface area (Å²) in [6.07, 6.45) is 0.0658. The van der Waals surface area contributed by atoms with E-state index >= 15 is 0 Å². The van der Waals surface area contributed by atoms with Gasteiger partial charge in [0.1, 0.15) is 0 Å². The van der Waals surface area contributed by atoms with Gasteiger partial charge in [-0.15, -0.1) is 0 Å². The predicted octanol–water partition coefficient (Wildman–Crippen LogP) is 2.77. The van der Waals surface area contributed by atoms with Crippen LogP contribution in [0.15, 0.2) is 29.2 Å². The monoisotopic (exact) mass is 437 g/mol. The molecule has 0 saturated heterocycles. The lowest BCUT2D eigenvalue weighted by Gasteiger charge is -2.24. The maximum atomic E-state index is 12.4. The number of ether oxygens (including phenoxy) is 1. The van der Waals surface area contributed by atoms with Gasteiger partial charge in [-0.2, -0.15) is 0 Å². The zero-order valence-corrected chi connectivity index (χ0v) is 17.9. The van der Waals surface area contributed by atoms with Gasteiger partial charge < -0.3 is 15.0 Å². The number of nitrogens with one attached hydrogen (secondary N) is 1. The highest BCUT2D eigenvalue weighted by Crippen LogP contribution is 2.28. The molecule has 29 heavy (non-hydrogen) atoms. The van der Waals surface area contributed by atoms with Crippen molar-refractivity contribution in [3.05, 3.63) is 40.4 Å². The number of benzene rings is 1. The SMILES string of the molecule is CCOC(=O)N1CCc2nc(NC(=O)CCS(=O)(=O)c3ccc(C)cc3)sc2C1. The number of sulfone groups is 1. The molecule has 0 bridgehead atoms. The van der Waals surface area contributed by atoms with E-state index in [1.54, 1.807) is 36.1 Å². The molecule has 1 N–H and O–H groups in total. The molecule has 0 saturated carbocycles. The van der Waals surface area contributed by atoms with Gasteiger partial charge in [0, 0.05) is 24.3 Å². The third-order valence-electron chi connectivity index (χ3n) is 4.48. The van der Waals surface area contributed by atoms with Crippen molar-refractivity contribution in [2.75, 3.05) is 24.2 Å². The van der Waals surface area contributed by atoms with Crippen molar-refractivity contribution in [1.29, 1.82) is 0 Å². The first-order valence-corrected chi connectivity index (χ1v) is 11.7. The fourth-order valence-electron chi connectivity index (χ4n) is 2.89. The number of hydrogen-bond donors (Lipinski definition) is 1. The Kier molecular flexibility index (Phi) is 6.53. The summed E-state index contributed by atoms with van der Waals surface area (Å²) in [6, 6.07) is 6.55. The van der Waals surface area contributed by atoms with E-state index in [0.29, 0.717) is 31.2 Å². The van der Waals surface area contributed by atoms with Crippen LogP contribution in [0.3, 0.4) is 0 Å². The number of carbonyl (C=O) groups excluding carboxylic acids is 2. The molecule has 2 amide bonds. The number of hydrogen-bond acceptors (Lipinski definition) is 7. The summed E-state index contributed by atoms with van der Waals surface area (Å²) in [5.74, 6) is -0.682. The van der Waals surface area contributed by atoms with Gasteiger partial charge in [-0.1, -0.05) is 29.0 Å². The molecule has 2 aromatic rings. The van der Waals surface area contributed by atoms with Gasteiger partial charge in [0.15, 0.2) is 15.0 Å². The molecule has 1 aliphatic rings. The van der Waals surface area contributed by atoms with Crippen LogP contribution in [0, 0.1) is 6.92 Å². The summed E-state index contributed by atoms with van der Waals surface area (Å²) in [7, 11) is -3.52. The summed E-state index contributed by atoms with van der Waals surface area (Å²) in [5.41, 5.74) is 1.81. The number of aryl methyl sites for hydroxylation is 1. The fourth-order valence-corrected chi connectivity index (χ4v) is 5.17. The zero-order valence-electron chi connectivity index (χ0n) is 16.3. The Bertz CT molecular complexity index is 999. The van der Waals surface area contributed by atoms with Crippen LogP contribution in [0.4, 0.5) is 9.93 Å². The van der Waals surface area contributed by atoms with E-state index in [0.717, 1.165) is 16.1 Å². The number of aromatic nitrogens is 1. The predicted molar refractivity (Wildman–Crippen MR) is 110 cm³/mol. The van der Waals surface area contributed by atoms with Crippen molar-refractivity contribution in [3.8, 4) is 0 Å². The number of thiazole rings is 1. The van der Waals surface area contributed by atoms with Gasteiger partial charge in [0.05, 0.1) is 29.5 Å². The van der Waals surface area contributed by atoms with E-state index in [9.17, 15) is 18.0 Å². The van der Waals surface area contributed by atoms with Gasteiger partial charge in [-0.3, -0.25) is 4.79 Å². The van der Waals surface area contributed by atoms with E-state index in [2.05, 4.69) is 10.3 Å². The van der Waals surface area contributed by atoms with Gasteiger partial charge in [-0.25, -0.2) is 18.2 Å². The molecular weight excluding hydrogens is 414 g/mol. The van der Waals surface area contributed by atoms with Crippen LogP contribution in [0.25, 0.3) is 0 Å². The molecule has 3 rings (SSSR count). The van der Waals surface area contributed by atoms with Gasteiger partial charge in [0.2, 0.25) is 5.91 Å². The lowest BCUT2D eigenvalue weighted by Crippen LogP contribution is -2.35. The number of rotatable bonds is 6. The summed E-state index contributed by atoms with van der Waals surface area (Å²) < 4.78 is 29.8. The van der Waals surface area contributed by atoms with Crippen LogP contribution in [-0.4, -0.2) is 49.2 Å². The van der Waals surface area contributed by atoms with E-state index in [1.807, 2.05) is 6.92 Å². The van der Waals surface area contributed by atoms with E-state index in [4.69, 9.17) is 4.74 Å². The lowest BCUT2D eigenvalue weighted by atomic mass is 10.2. The molecule has 1 aliphatic heterocycles. The Balaban J connectivity index is 1.57. The minimum absolute atomic E-state index is 0.157. The highest BCUT2D eigenvalue weighted by molar-refractivity contribution is 7.91. The second kappa shape index (κ2) is 8.91. The normalized spacial score (nSPS) is 13.7. The highest BCUT2D eigenvalue weighted by atomic mass is 32.2. The molecule has 0 fully saturated rings. The fraction of sp³-hybridized carbons (Fsp3) is 0.421. The maximum absolute atomic E-state index is 12.4. The molecule has 10 heteroatoms. The van der Waals surface area contributed by atoms with Crippen LogP contribution >= 0.6 is 11.3 Å². The molecule has 0 unspecified atom stereocenters. The van der Waals surface area contributed by atoms with E-state index in [-0.39, 0.29) is 23.2 Å². The van der Waals surface area contributed by atoms with Crippen LogP contribution in [0.1, 0.15) is 29.5 Å². The van der Waals surface area contributed by atoms with Crippen molar-refractivity contribution in [2.45, 2.75) is 38.1 Å². The molecule has 8 nitrogen and oxygen atoms in total. The van der Waals surface area contributed by atoms with Crippen LogP contribution in [0.2, 0.25) is 0 Å². The smallest absolute Gasteiger partial charge is 0.410 e. The Hall–Kier alpha value is -2.46. The second-order valence-electron chi connectivity index (χ2n) is 6.69. The quantitative estimate of drug-likeness (QED) is 0.745. The molecule has 0 spiro atoms. The Morgan fingerprint density at radius 1 is 1.28 bits per heavy atom. The number of fused-ring (bicyclic) bond motifs is 1. The molecule has 0 radical (unpaired) electrons. The van der Waals surface area contributed by atoms with Gasteiger partial charge in [-0.05, 0) is 26.0 Å². The second-order valence-corrected chi connectivity index (χ2v) is 9.88. The average Bonchev–Trinajstić information content (AvgIpc) is 3.08. The molecule has 156 valence electrons. The summed E-state index contributed by atoms with van der Waals surface area (Å²) in [6.45, 7) is 4.86. The maximum Gasteiger partial charge on any atom is 0.410 e. The van der Waals surface area contributed by atoms with Crippen molar-refractivity contribution >= 4 is 38.3 Å². The van der Waals surface area contributed by atoms with Gasteiger partial charge >= 0.3 is 6.09 Å². The summed E-state index contributed by atoms with van der Waals surface area (Å²) in [5, 5.41) is 3.09. The third kappa shape index (κ3) is 5.33. The van der Waals surface area contributed by atoms with Gasteiger partial charge in [0.25, 0.3) is 0 Å². The topological polar surface area (TPSA) is 106 Å². The number of amides is 2. The molecule has 0 atom stereocenters. The first kappa shape index (κ1) is 21.3. The van der Waals surface area contributed by atoms with E-state index in [1.165, 1.54) is 11.3 Å². The molecular formula is C19H23N3O5S2. The van der Waals surface area contributed by atoms with Crippen LogP contribution in [0.5, 0.6) is 0 Å². The minimum Gasteiger partial charge on any atom is -0.450 e. The molecule has 1 aromatic carbocycles. The van der Waals surface area contributed by atoms with Crippen LogP contribution < -0.4 is 5.32 Å². The molecule has 1 aromatic heterocycles. The van der Waals surface area contributed by atoms with Crippen LogP contribution in [-0.2, 0) is 32.3 Å². The zero-order chi connectivity index (χ0) is 21.0. The third-order valence-corrected chi connectivity index (χ3v) is 7.21. The minimum atomic E-state index is -3.52. The summed E-state index contributed by atoms with van der Waals surface area (Å²) >= 11 is 1.29. The Labute approximate surface area is 173 Å². The van der Waals surface area contributed by atoms with Crippen molar-refractivity contribution in [2.24, 2.45) is 0 Å². The number of anilines is 1. The first-order valence-electron chi connectivity index (χ1n) is 9.28. The van der Waals surface area contributed by atoms with Crippen molar-refractivity contribution in [1.82, 2.24) is 9.88 Å². The number of carbonyl (C=O) groups is 2.